The molecule has 6 aromatic rings. The van der Waals surface area contributed by atoms with Crippen LogP contribution in [-0.4, -0.2) is 0 Å². The molecule has 0 atom stereocenters. The summed E-state index contributed by atoms with van der Waals surface area (Å²) < 4.78 is 2.13. The van der Waals surface area contributed by atoms with Crippen molar-refractivity contribution in [3.05, 3.63) is 136 Å². The topological polar surface area (TPSA) is 3.24 Å². The minimum absolute atomic E-state index is 1.07. The number of rotatable bonds is 4. The molecule has 6 rings (SSSR count). The lowest BCUT2D eigenvalue weighted by molar-refractivity contribution is 1.28. The Kier molecular flexibility index (Phi) is 5.89. The van der Waals surface area contributed by atoms with Gasteiger partial charge in [-0.25, -0.2) is 0 Å². The van der Waals surface area contributed by atoms with E-state index in [0.717, 1.165) is 26.0 Å². The Morgan fingerprint density at radius 1 is 0.429 bits per heavy atom. The fourth-order valence-corrected chi connectivity index (χ4v) is 5.24. The molecule has 0 aliphatic carbocycles. The first kappa shape index (κ1) is 22.1. The van der Waals surface area contributed by atoms with Crippen LogP contribution in [-0.2, 0) is 0 Å². The van der Waals surface area contributed by atoms with Crippen LogP contribution in [0.2, 0.25) is 0 Å². The van der Waals surface area contributed by atoms with Crippen molar-refractivity contribution < 1.29 is 0 Å². The first-order chi connectivity index (χ1) is 17.2. The van der Waals surface area contributed by atoms with Crippen molar-refractivity contribution in [1.29, 1.82) is 0 Å². The lowest BCUT2D eigenvalue weighted by Crippen LogP contribution is -2.09. The van der Waals surface area contributed by atoms with E-state index in [1.165, 1.54) is 32.7 Å². The summed E-state index contributed by atoms with van der Waals surface area (Å²) in [5.41, 5.74) is 5.80. The van der Waals surface area contributed by atoms with Crippen LogP contribution in [0.25, 0.3) is 32.7 Å². The van der Waals surface area contributed by atoms with Gasteiger partial charge in [-0.2, -0.15) is 0 Å². The van der Waals surface area contributed by atoms with Crippen LogP contribution in [0, 0.1) is 0 Å². The van der Waals surface area contributed by atoms with E-state index in [-0.39, 0.29) is 0 Å². The van der Waals surface area contributed by atoms with E-state index in [2.05, 4.69) is 164 Å². The highest BCUT2D eigenvalue weighted by molar-refractivity contribution is 9.10. The molecule has 0 N–H and O–H groups in total. The van der Waals surface area contributed by atoms with Gasteiger partial charge < -0.3 is 4.90 Å². The highest BCUT2D eigenvalue weighted by Crippen LogP contribution is 2.39. The van der Waals surface area contributed by atoms with E-state index in [0.29, 0.717) is 0 Å². The van der Waals surface area contributed by atoms with Crippen LogP contribution in [0.4, 0.5) is 17.1 Å². The average Bonchev–Trinajstić information content (AvgIpc) is 2.91. The monoisotopic (exact) mass is 577 g/mol. The summed E-state index contributed by atoms with van der Waals surface area (Å²) in [7, 11) is 0. The Labute approximate surface area is 221 Å². The number of nitrogens with zero attached hydrogens (tertiary/aromatic N) is 1. The average molecular weight is 579 g/mol. The highest BCUT2D eigenvalue weighted by atomic mass is 79.9. The molecule has 0 aliphatic rings. The molecule has 0 radical (unpaired) electrons. The Hall–Kier alpha value is -3.40. The van der Waals surface area contributed by atoms with Crippen molar-refractivity contribution >= 4 is 70.5 Å². The van der Waals surface area contributed by atoms with Crippen molar-refractivity contribution in [3.63, 3.8) is 0 Å². The van der Waals surface area contributed by atoms with Gasteiger partial charge in [0.25, 0.3) is 0 Å². The van der Waals surface area contributed by atoms with Gasteiger partial charge >= 0.3 is 0 Å². The lowest BCUT2D eigenvalue weighted by Gasteiger charge is -2.26. The summed E-state index contributed by atoms with van der Waals surface area (Å²) in [5.74, 6) is 0. The van der Waals surface area contributed by atoms with Crippen molar-refractivity contribution in [2.24, 2.45) is 0 Å². The second kappa shape index (κ2) is 9.33. The van der Waals surface area contributed by atoms with E-state index in [1.807, 2.05) is 0 Å². The summed E-state index contributed by atoms with van der Waals surface area (Å²) in [6.45, 7) is 0. The molecule has 0 unspecified atom stereocenters. The van der Waals surface area contributed by atoms with Gasteiger partial charge in [-0.3, -0.25) is 0 Å². The predicted molar refractivity (Wildman–Crippen MR) is 157 cm³/mol. The van der Waals surface area contributed by atoms with E-state index in [9.17, 15) is 0 Å². The summed E-state index contributed by atoms with van der Waals surface area (Å²) in [6, 6.07) is 45.4. The van der Waals surface area contributed by atoms with Crippen LogP contribution in [0.15, 0.2) is 136 Å². The maximum absolute atomic E-state index is 3.56. The molecule has 1 nitrogen and oxygen atoms in total. The molecule has 6 aromatic carbocycles. The van der Waals surface area contributed by atoms with Crippen LogP contribution < -0.4 is 4.90 Å². The highest BCUT2D eigenvalue weighted by Gasteiger charge is 2.14. The number of hydrogen-bond donors (Lipinski definition) is 0. The van der Waals surface area contributed by atoms with Crippen molar-refractivity contribution in [3.8, 4) is 11.1 Å². The smallest absolute Gasteiger partial charge is 0.0462 e. The van der Waals surface area contributed by atoms with E-state index >= 15 is 0 Å². The van der Waals surface area contributed by atoms with Gasteiger partial charge in [0, 0.05) is 26.0 Å². The molecule has 0 saturated heterocycles. The number of benzene rings is 6. The molecule has 0 saturated carbocycles. The van der Waals surface area contributed by atoms with Crippen LogP contribution >= 0.6 is 31.9 Å². The number of halogens is 2. The van der Waals surface area contributed by atoms with E-state index in [1.54, 1.807) is 0 Å². The zero-order valence-corrected chi connectivity index (χ0v) is 22.0. The first-order valence-corrected chi connectivity index (χ1v) is 13.1. The zero-order valence-electron chi connectivity index (χ0n) is 18.8. The largest absolute Gasteiger partial charge is 0.311 e. The van der Waals surface area contributed by atoms with Gasteiger partial charge in [0.1, 0.15) is 0 Å². The molecule has 35 heavy (non-hydrogen) atoms. The van der Waals surface area contributed by atoms with Crippen molar-refractivity contribution in [2.75, 3.05) is 4.90 Å². The molecule has 0 fully saturated rings. The second-order valence-corrected chi connectivity index (χ2v) is 10.4. The van der Waals surface area contributed by atoms with Gasteiger partial charge in [0.2, 0.25) is 0 Å². The second-order valence-electron chi connectivity index (χ2n) is 8.53. The standard InChI is InChI=1S/C32H21Br2N/c33-24-11-17-27(18-12-24)35(28-19-13-25(34)14-20-28)26-15-9-22(10-16-26)32-21-23-5-1-2-6-29(23)30-7-3-4-8-31(30)32/h1-21H. The molecule has 168 valence electrons. The number of anilines is 3. The maximum Gasteiger partial charge on any atom is 0.0462 e. The first-order valence-electron chi connectivity index (χ1n) is 11.5. The summed E-state index contributed by atoms with van der Waals surface area (Å²) in [6.07, 6.45) is 0. The Morgan fingerprint density at radius 3 is 1.46 bits per heavy atom. The molecule has 0 heterocycles. The Balaban J connectivity index is 1.48. The van der Waals surface area contributed by atoms with Gasteiger partial charge in [-0.1, -0.05) is 92.5 Å². The summed E-state index contributed by atoms with van der Waals surface area (Å²) >= 11 is 7.13. The van der Waals surface area contributed by atoms with Crippen LogP contribution in [0.5, 0.6) is 0 Å². The van der Waals surface area contributed by atoms with Crippen molar-refractivity contribution in [1.82, 2.24) is 0 Å². The normalized spacial score (nSPS) is 11.1. The summed E-state index contributed by atoms with van der Waals surface area (Å²) in [4.78, 5) is 2.28. The van der Waals surface area contributed by atoms with Crippen LogP contribution in [0.3, 0.4) is 0 Å². The van der Waals surface area contributed by atoms with E-state index in [4.69, 9.17) is 0 Å². The Morgan fingerprint density at radius 2 is 0.886 bits per heavy atom. The third-order valence-electron chi connectivity index (χ3n) is 6.37. The predicted octanol–water partition coefficient (Wildman–Crippen LogP) is 10.7. The fraction of sp³-hybridized carbons (Fsp3) is 0. The third kappa shape index (κ3) is 4.27. The molecule has 0 aromatic heterocycles. The molecule has 0 spiro atoms. The zero-order chi connectivity index (χ0) is 23.8. The molecule has 3 heteroatoms. The molecular formula is C32H21Br2N. The number of fused-ring (bicyclic) bond motifs is 3. The Bertz CT molecular complexity index is 1590. The van der Waals surface area contributed by atoms with Gasteiger partial charge in [-0.05, 0) is 99.4 Å². The number of hydrogen-bond acceptors (Lipinski definition) is 1. The molecule has 0 amide bonds. The quantitative estimate of drug-likeness (QED) is 0.188. The van der Waals surface area contributed by atoms with Gasteiger partial charge in [0.05, 0.1) is 0 Å². The van der Waals surface area contributed by atoms with Gasteiger partial charge in [0.15, 0.2) is 0 Å². The molecule has 0 aliphatic heterocycles. The minimum atomic E-state index is 1.07. The van der Waals surface area contributed by atoms with Crippen molar-refractivity contribution in [2.45, 2.75) is 0 Å². The van der Waals surface area contributed by atoms with Gasteiger partial charge in [-0.15, -0.1) is 0 Å². The SMILES string of the molecule is Brc1ccc(N(c2ccc(Br)cc2)c2ccc(-c3cc4ccccc4c4ccccc34)cc2)cc1. The fourth-order valence-electron chi connectivity index (χ4n) is 4.71. The molecular weight excluding hydrogens is 558 g/mol. The van der Waals surface area contributed by atoms with Crippen LogP contribution in [0.1, 0.15) is 0 Å². The minimum Gasteiger partial charge on any atom is -0.311 e. The summed E-state index contributed by atoms with van der Waals surface area (Å²) in [5, 5.41) is 5.12. The molecule has 0 bridgehead atoms. The third-order valence-corrected chi connectivity index (χ3v) is 7.43. The van der Waals surface area contributed by atoms with E-state index < -0.39 is 0 Å². The lowest BCUT2D eigenvalue weighted by atomic mass is 9.93. The maximum atomic E-state index is 3.56.